The number of fused-ring (bicyclic) bond motifs is 3. The first-order valence-corrected chi connectivity index (χ1v) is 36.0. The Morgan fingerprint density at radius 1 is 0.148 bits per heavy atom. The third-order valence-corrected chi connectivity index (χ3v) is 19.6. The number of nitrogens with zero attached hydrogens (tertiary/aromatic N) is 9. The topological polar surface area (TPSA) is 116 Å². The molecule has 0 radical (unpaired) electrons. The van der Waals surface area contributed by atoms with E-state index in [1.54, 1.807) is 0 Å². The van der Waals surface area contributed by atoms with Gasteiger partial charge in [-0.3, -0.25) is 4.98 Å². The fourth-order valence-corrected chi connectivity index (χ4v) is 14.0. The van der Waals surface area contributed by atoms with E-state index in [0.29, 0.717) is 40.8 Å². The Hall–Kier alpha value is -14.7. The van der Waals surface area contributed by atoms with Crippen LogP contribution in [-0.4, -0.2) is 44.9 Å². The maximum Gasteiger partial charge on any atom is 0.164 e. The summed E-state index contributed by atoms with van der Waals surface area (Å²) in [6.45, 7) is 0. The van der Waals surface area contributed by atoms with Crippen LogP contribution in [0.15, 0.2) is 394 Å². The molecule has 0 aliphatic heterocycles. The molecule has 9 nitrogen and oxygen atoms in total. The summed E-state index contributed by atoms with van der Waals surface area (Å²) in [6, 6.07) is 134. The van der Waals surface area contributed by atoms with Crippen LogP contribution in [0.1, 0.15) is 0 Å². The van der Waals surface area contributed by atoms with Gasteiger partial charge in [0.05, 0.1) is 16.9 Å². The summed E-state index contributed by atoms with van der Waals surface area (Å²) in [6.07, 6.45) is 1.86. The van der Waals surface area contributed by atoms with Crippen LogP contribution in [0.4, 0.5) is 0 Å². The minimum atomic E-state index is 0.636. The second kappa shape index (κ2) is 29.6. The van der Waals surface area contributed by atoms with Gasteiger partial charge in [-0.25, -0.2) is 39.9 Å². The lowest BCUT2D eigenvalue weighted by Gasteiger charge is -2.13. The third-order valence-electron chi connectivity index (χ3n) is 19.6. The van der Waals surface area contributed by atoms with E-state index in [0.717, 1.165) is 111 Å². The monoisotopic (exact) mass is 1380 g/mol. The van der Waals surface area contributed by atoms with Gasteiger partial charge in [0.1, 0.15) is 0 Å². The van der Waals surface area contributed by atoms with Crippen LogP contribution < -0.4 is 0 Å². The molecule has 4 aromatic heterocycles. The van der Waals surface area contributed by atoms with Crippen molar-refractivity contribution in [1.82, 2.24) is 44.9 Å². The Bertz CT molecular complexity index is 6020. The van der Waals surface area contributed by atoms with E-state index >= 15 is 0 Å². The van der Waals surface area contributed by atoms with Gasteiger partial charge in [0.25, 0.3) is 0 Å². The number of hydrogen-bond acceptors (Lipinski definition) is 9. The molecule has 0 N–H and O–H groups in total. The van der Waals surface area contributed by atoms with Gasteiger partial charge in [-0.1, -0.05) is 364 Å². The molecular weight excluding hydrogens is 1320 g/mol. The Morgan fingerprint density at radius 2 is 0.435 bits per heavy atom. The second-order valence-electron chi connectivity index (χ2n) is 26.4. The lowest BCUT2D eigenvalue weighted by atomic mass is 9.91. The van der Waals surface area contributed by atoms with Crippen LogP contribution >= 0.6 is 0 Å². The van der Waals surface area contributed by atoms with Crippen molar-refractivity contribution in [2.75, 3.05) is 0 Å². The highest BCUT2D eigenvalue weighted by Crippen LogP contribution is 2.40. The highest BCUT2D eigenvalue weighted by atomic mass is 15.0. The van der Waals surface area contributed by atoms with Crippen LogP contribution in [0, 0.1) is 0 Å². The average Bonchev–Trinajstić information content (AvgIpc) is 0.779. The zero-order valence-electron chi connectivity index (χ0n) is 58.6. The minimum Gasteiger partial charge on any atom is -0.256 e. The first kappa shape index (κ1) is 65.4. The molecule has 19 aromatic rings. The minimum absolute atomic E-state index is 0.636. The maximum absolute atomic E-state index is 5.04. The van der Waals surface area contributed by atoms with Crippen LogP contribution in [-0.2, 0) is 0 Å². The molecule has 0 aliphatic rings. The molecule has 108 heavy (non-hydrogen) atoms. The molecule has 0 bridgehead atoms. The molecule has 0 fully saturated rings. The number of benzene rings is 15. The summed E-state index contributed by atoms with van der Waals surface area (Å²) >= 11 is 0. The predicted molar refractivity (Wildman–Crippen MR) is 442 cm³/mol. The molecule has 0 spiro atoms. The van der Waals surface area contributed by atoms with Crippen molar-refractivity contribution < 1.29 is 0 Å². The van der Waals surface area contributed by atoms with Crippen molar-refractivity contribution in [3.63, 3.8) is 0 Å². The number of para-hydroxylation sites is 1. The molecule has 0 amide bonds. The van der Waals surface area contributed by atoms with E-state index in [2.05, 4.69) is 229 Å². The number of aromatic nitrogens is 9. The van der Waals surface area contributed by atoms with Gasteiger partial charge in [0.2, 0.25) is 0 Å². The molecule has 0 saturated heterocycles. The van der Waals surface area contributed by atoms with E-state index in [1.807, 2.05) is 170 Å². The van der Waals surface area contributed by atoms with Gasteiger partial charge in [0, 0.05) is 67.2 Å². The summed E-state index contributed by atoms with van der Waals surface area (Å²) in [5.74, 6) is 4.58. The molecule has 0 saturated carbocycles. The molecule has 15 aromatic carbocycles. The Morgan fingerprint density at radius 3 is 0.806 bits per heavy atom. The third kappa shape index (κ3) is 13.8. The SMILES string of the molecule is c1ccc(-c2cc(-c3ccccc3)nc(-c3ccc(-c4ccc(-c5ccc(-c6nc(-c7ccccc7)nc(-c7ccccc7)n6)cc5)c5ccccc45)cc3)n2)cc1.c1ccc(-c2nc(-c3ccccc3)nc(-c3ccc(-c4ccc5ccc(-c6ccc(-c7cccc8cccnc78)cc6)cc5c4)cc3)n2)cc1. The molecule has 0 unspecified atom stereocenters. The highest BCUT2D eigenvalue weighted by molar-refractivity contribution is 6.05. The lowest BCUT2D eigenvalue weighted by molar-refractivity contribution is 1.07. The number of rotatable bonds is 14. The fraction of sp³-hybridized carbons (Fsp3) is 0. The summed E-state index contributed by atoms with van der Waals surface area (Å²) in [4.78, 5) is 44.0. The van der Waals surface area contributed by atoms with E-state index in [1.165, 1.54) is 38.2 Å². The average molecular weight is 1380 g/mol. The number of hydrogen-bond donors (Lipinski definition) is 0. The quantitative estimate of drug-likeness (QED) is 0.105. The standard InChI is InChI=1S/C53H35N5.C46H30N4/c1-5-15-38(16-6-1)48-35-49(39-17-7-2-8-18-39)55-50(54-48)42-29-25-36(26-30-42)44-33-34-45(47-24-14-13-23-46(44)47)37-27-31-43(32-28-37)53-57-51(40-19-9-3-10-20-40)56-52(58-53)41-21-11-4-12-22-41;1-3-9-36(10-4-1)44-48-45(37-11-5-2-6-12-37)50-46(49-44)38-24-18-32(19-25-38)40-27-21-33-20-26-39(29-41(33)30-40)31-16-22-34(23-17-31)42-15-7-13-35-14-8-28-47-43(35)42/h1-35H;1-30H. The van der Waals surface area contributed by atoms with Crippen molar-refractivity contribution in [3.05, 3.63) is 394 Å². The van der Waals surface area contributed by atoms with Gasteiger partial charge in [-0.2, -0.15) is 0 Å². The summed E-state index contributed by atoms with van der Waals surface area (Å²) in [5.41, 5.74) is 23.1. The van der Waals surface area contributed by atoms with E-state index in [4.69, 9.17) is 39.9 Å². The molecule has 4 heterocycles. The Labute approximate surface area is 625 Å². The van der Waals surface area contributed by atoms with Gasteiger partial charge in [-0.05, 0) is 95.9 Å². The summed E-state index contributed by atoms with van der Waals surface area (Å²) in [5, 5.41) is 5.92. The molecule has 0 atom stereocenters. The van der Waals surface area contributed by atoms with Gasteiger partial charge < -0.3 is 0 Å². The molecule has 0 aliphatic carbocycles. The molecule has 19 rings (SSSR count). The zero-order valence-corrected chi connectivity index (χ0v) is 58.6. The molecule has 506 valence electrons. The van der Waals surface area contributed by atoms with E-state index in [9.17, 15) is 0 Å². The van der Waals surface area contributed by atoms with Crippen molar-refractivity contribution in [2.45, 2.75) is 0 Å². The first-order valence-electron chi connectivity index (χ1n) is 36.0. The van der Waals surface area contributed by atoms with Crippen molar-refractivity contribution >= 4 is 32.4 Å². The highest BCUT2D eigenvalue weighted by Gasteiger charge is 2.18. The van der Waals surface area contributed by atoms with Crippen LogP contribution in [0.2, 0.25) is 0 Å². The van der Waals surface area contributed by atoms with Gasteiger partial charge in [0.15, 0.2) is 40.8 Å². The van der Waals surface area contributed by atoms with Gasteiger partial charge >= 0.3 is 0 Å². The van der Waals surface area contributed by atoms with Gasteiger partial charge in [-0.15, -0.1) is 0 Å². The molecule has 9 heteroatoms. The normalized spacial score (nSPS) is 11.1. The predicted octanol–water partition coefficient (Wildman–Crippen LogP) is 24.7. The largest absolute Gasteiger partial charge is 0.256 e. The number of pyridine rings is 1. The summed E-state index contributed by atoms with van der Waals surface area (Å²) in [7, 11) is 0. The van der Waals surface area contributed by atoms with Crippen LogP contribution in [0.25, 0.3) is 190 Å². The van der Waals surface area contributed by atoms with E-state index in [-0.39, 0.29) is 0 Å². The van der Waals surface area contributed by atoms with Crippen molar-refractivity contribution in [3.8, 4) is 158 Å². The van der Waals surface area contributed by atoms with Crippen LogP contribution in [0.5, 0.6) is 0 Å². The maximum atomic E-state index is 5.04. The fourth-order valence-electron chi connectivity index (χ4n) is 14.0. The van der Waals surface area contributed by atoms with Crippen molar-refractivity contribution in [1.29, 1.82) is 0 Å². The lowest BCUT2D eigenvalue weighted by Crippen LogP contribution is -2.00. The van der Waals surface area contributed by atoms with Crippen LogP contribution in [0.3, 0.4) is 0 Å². The molecular formula is C99H65N9. The Kier molecular flexibility index (Phi) is 17.9. The first-order chi connectivity index (χ1) is 53.5. The Balaban J connectivity index is 0.000000154. The van der Waals surface area contributed by atoms with Crippen molar-refractivity contribution in [2.24, 2.45) is 0 Å². The zero-order chi connectivity index (χ0) is 72.0. The second-order valence-corrected chi connectivity index (χ2v) is 26.4. The summed E-state index contributed by atoms with van der Waals surface area (Å²) < 4.78 is 0. The van der Waals surface area contributed by atoms with E-state index < -0.39 is 0 Å². The smallest absolute Gasteiger partial charge is 0.164 e.